The first kappa shape index (κ1) is 20.1. The highest BCUT2D eigenvalue weighted by Crippen LogP contribution is 2.31. The van der Waals surface area contributed by atoms with Gasteiger partial charge in [-0.25, -0.2) is 9.36 Å². The van der Waals surface area contributed by atoms with E-state index in [0.29, 0.717) is 33.7 Å². The van der Waals surface area contributed by atoms with Gasteiger partial charge in [-0.2, -0.15) is 18.3 Å². The summed E-state index contributed by atoms with van der Waals surface area (Å²) in [7, 11) is 1.62. The van der Waals surface area contributed by atoms with Crippen LogP contribution in [0.2, 0.25) is 0 Å². The molecule has 3 heterocycles. The van der Waals surface area contributed by atoms with E-state index < -0.39 is 11.7 Å². The first-order valence-corrected chi connectivity index (χ1v) is 9.04. The quantitative estimate of drug-likeness (QED) is 0.425. The van der Waals surface area contributed by atoms with Crippen LogP contribution in [0.4, 0.5) is 24.5 Å². The summed E-state index contributed by atoms with van der Waals surface area (Å²) in [6, 6.07) is 12.1. The molecule has 0 saturated carbocycles. The molecule has 1 aromatic carbocycles. The van der Waals surface area contributed by atoms with Crippen molar-refractivity contribution < 1.29 is 18.0 Å². The summed E-state index contributed by atoms with van der Waals surface area (Å²) < 4.78 is 39.9. The summed E-state index contributed by atoms with van der Waals surface area (Å²) in [5, 5.41) is 4.19. The van der Waals surface area contributed by atoms with Gasteiger partial charge in [-0.1, -0.05) is 12.1 Å². The Morgan fingerprint density at radius 2 is 1.84 bits per heavy atom. The molecule has 0 bridgehead atoms. The van der Waals surface area contributed by atoms with E-state index in [2.05, 4.69) is 14.9 Å². The number of aromatic nitrogens is 3. The Morgan fingerprint density at radius 1 is 1.10 bits per heavy atom. The number of hydrogen-bond acceptors (Lipinski definition) is 3. The molecule has 6 nitrogen and oxygen atoms in total. The number of fused-ring (bicyclic) bond motifs is 1. The lowest BCUT2D eigenvalue weighted by molar-refractivity contribution is -0.137. The Morgan fingerprint density at radius 3 is 2.45 bits per heavy atom. The topological polar surface area (TPSA) is 54.9 Å². The summed E-state index contributed by atoms with van der Waals surface area (Å²) >= 11 is 0. The molecule has 0 aliphatic carbocycles. The van der Waals surface area contributed by atoms with Crippen LogP contribution in [0.3, 0.4) is 0 Å². The zero-order chi connectivity index (χ0) is 22.2. The summed E-state index contributed by atoms with van der Waals surface area (Å²) in [6.07, 6.45) is -0.601. The van der Waals surface area contributed by atoms with Crippen molar-refractivity contribution in [3.8, 4) is 11.3 Å². The van der Waals surface area contributed by atoms with E-state index in [1.54, 1.807) is 49.6 Å². The summed E-state index contributed by atoms with van der Waals surface area (Å²) in [5.41, 5.74) is 1.99. The number of rotatable bonds is 3. The lowest BCUT2D eigenvalue weighted by Gasteiger charge is -2.17. The van der Waals surface area contributed by atoms with E-state index in [9.17, 15) is 18.0 Å². The third-order valence-corrected chi connectivity index (χ3v) is 4.81. The van der Waals surface area contributed by atoms with E-state index in [0.717, 1.165) is 12.3 Å². The smallest absolute Gasteiger partial charge is 0.312 e. The number of nitrogens with zero attached hydrogens (tertiary/aromatic N) is 5. The minimum absolute atomic E-state index is 0.286. The van der Waals surface area contributed by atoms with Gasteiger partial charge in [-0.05, 0) is 36.4 Å². The molecule has 0 aliphatic rings. The van der Waals surface area contributed by atoms with Gasteiger partial charge in [0.15, 0.2) is 5.69 Å². The van der Waals surface area contributed by atoms with Gasteiger partial charge in [0.05, 0.1) is 29.5 Å². The highest BCUT2D eigenvalue weighted by molar-refractivity contribution is 6.06. The third-order valence-electron chi connectivity index (χ3n) is 4.81. The van der Waals surface area contributed by atoms with Gasteiger partial charge < -0.3 is 4.90 Å². The molecule has 31 heavy (non-hydrogen) atoms. The minimum atomic E-state index is -4.47. The second-order valence-electron chi connectivity index (χ2n) is 6.73. The number of amides is 1. The fourth-order valence-corrected chi connectivity index (χ4v) is 3.09. The second kappa shape index (κ2) is 7.57. The van der Waals surface area contributed by atoms with Crippen LogP contribution in [0.25, 0.3) is 21.6 Å². The third kappa shape index (κ3) is 3.83. The first-order valence-electron chi connectivity index (χ1n) is 9.04. The van der Waals surface area contributed by atoms with Crippen LogP contribution in [-0.2, 0) is 6.18 Å². The predicted molar refractivity (Wildman–Crippen MR) is 109 cm³/mol. The molecule has 154 valence electrons. The monoisotopic (exact) mass is 421 g/mol. The number of carbonyl (C=O) groups is 1. The highest BCUT2D eigenvalue weighted by atomic mass is 19.4. The molecular weight excluding hydrogens is 407 g/mol. The van der Waals surface area contributed by atoms with Crippen molar-refractivity contribution in [1.29, 1.82) is 0 Å². The molecular formula is C22H14F3N5O. The van der Waals surface area contributed by atoms with Gasteiger partial charge in [-0.3, -0.25) is 9.78 Å². The van der Waals surface area contributed by atoms with Crippen LogP contribution in [0.1, 0.15) is 15.9 Å². The van der Waals surface area contributed by atoms with Gasteiger partial charge >= 0.3 is 6.18 Å². The maximum atomic E-state index is 13.0. The van der Waals surface area contributed by atoms with Crippen LogP contribution in [0, 0.1) is 6.57 Å². The SMILES string of the molecule is [C-]#[N+]c1ccc(N(C)C(=O)c2ccn3ncc(-c4ccc(C(F)(F)F)cn4)c3c2)cc1. The van der Waals surface area contributed by atoms with Gasteiger partial charge in [0.25, 0.3) is 5.91 Å². The molecule has 0 unspecified atom stereocenters. The molecule has 9 heteroatoms. The maximum absolute atomic E-state index is 13.0. The Balaban J connectivity index is 1.67. The maximum Gasteiger partial charge on any atom is 0.417 e. The number of anilines is 1. The van der Waals surface area contributed by atoms with E-state index in [4.69, 9.17) is 6.57 Å². The lowest BCUT2D eigenvalue weighted by Crippen LogP contribution is -2.26. The van der Waals surface area contributed by atoms with Gasteiger partial charge in [0, 0.05) is 36.3 Å². The summed E-state index contributed by atoms with van der Waals surface area (Å²) in [4.78, 5) is 21.7. The predicted octanol–water partition coefficient (Wildman–Crippen LogP) is 5.24. The molecule has 0 N–H and O–H groups in total. The van der Waals surface area contributed by atoms with Crippen molar-refractivity contribution in [2.75, 3.05) is 11.9 Å². The fourth-order valence-electron chi connectivity index (χ4n) is 3.09. The van der Waals surface area contributed by atoms with Crippen LogP contribution in [0.5, 0.6) is 0 Å². The van der Waals surface area contributed by atoms with E-state index >= 15 is 0 Å². The Hall–Kier alpha value is -4.19. The van der Waals surface area contributed by atoms with Crippen LogP contribution < -0.4 is 4.90 Å². The average molecular weight is 421 g/mol. The fraction of sp³-hybridized carbons (Fsp3) is 0.0909. The molecule has 0 saturated heterocycles. The van der Waals surface area contributed by atoms with Crippen LogP contribution in [0.15, 0.2) is 67.1 Å². The number of halogens is 3. The first-order chi connectivity index (χ1) is 14.8. The number of pyridine rings is 2. The summed E-state index contributed by atoms with van der Waals surface area (Å²) in [6.45, 7) is 7.01. The molecule has 3 aromatic heterocycles. The zero-order valence-corrected chi connectivity index (χ0v) is 16.1. The van der Waals surface area contributed by atoms with Crippen molar-refractivity contribution in [2.45, 2.75) is 6.18 Å². The van der Waals surface area contributed by atoms with Crippen molar-refractivity contribution in [2.24, 2.45) is 0 Å². The standard InChI is InChI=1S/C22H14F3N5O/c1-26-16-4-6-17(7-5-16)29(2)21(31)14-9-10-30-20(11-14)18(13-28-30)19-8-3-15(12-27-19)22(23,24)25/h3-13H,2H3. The normalized spacial score (nSPS) is 11.3. The average Bonchev–Trinajstić information content (AvgIpc) is 3.21. The minimum Gasteiger partial charge on any atom is -0.312 e. The summed E-state index contributed by atoms with van der Waals surface area (Å²) in [5.74, 6) is -0.286. The highest BCUT2D eigenvalue weighted by Gasteiger charge is 2.30. The molecule has 0 fully saturated rings. The van der Waals surface area contributed by atoms with E-state index in [-0.39, 0.29) is 5.91 Å². The zero-order valence-electron chi connectivity index (χ0n) is 16.1. The van der Waals surface area contributed by atoms with Gasteiger partial charge in [0.1, 0.15) is 0 Å². The molecule has 0 radical (unpaired) electrons. The van der Waals surface area contributed by atoms with Crippen LogP contribution in [-0.4, -0.2) is 27.6 Å². The van der Waals surface area contributed by atoms with Crippen molar-refractivity contribution in [3.05, 3.63) is 89.7 Å². The van der Waals surface area contributed by atoms with Crippen LogP contribution >= 0.6 is 0 Å². The van der Waals surface area contributed by atoms with Crippen molar-refractivity contribution in [1.82, 2.24) is 14.6 Å². The molecule has 0 atom stereocenters. The van der Waals surface area contributed by atoms with Gasteiger partial charge in [0.2, 0.25) is 0 Å². The molecule has 4 rings (SSSR count). The molecule has 0 aliphatic heterocycles. The molecule has 0 spiro atoms. The second-order valence-corrected chi connectivity index (χ2v) is 6.73. The number of alkyl halides is 3. The number of carbonyl (C=O) groups excluding carboxylic acids is 1. The number of hydrogen-bond donors (Lipinski definition) is 0. The molecule has 1 amide bonds. The number of benzene rings is 1. The Bertz CT molecular complexity index is 1300. The van der Waals surface area contributed by atoms with E-state index in [1.807, 2.05) is 0 Å². The Kier molecular flexibility index (Phi) is 4.91. The lowest BCUT2D eigenvalue weighted by atomic mass is 10.1. The van der Waals surface area contributed by atoms with E-state index in [1.165, 1.54) is 21.7 Å². The van der Waals surface area contributed by atoms with Gasteiger partial charge in [-0.15, -0.1) is 0 Å². The largest absolute Gasteiger partial charge is 0.417 e. The van der Waals surface area contributed by atoms with Crippen molar-refractivity contribution in [3.63, 3.8) is 0 Å². The molecule has 4 aromatic rings. The van der Waals surface area contributed by atoms with Crippen molar-refractivity contribution >= 4 is 22.8 Å². The Labute approximate surface area is 175 Å².